The number of aliphatic hydroxyl groups excluding tert-OH is 1. The van der Waals surface area contributed by atoms with Gasteiger partial charge in [-0.25, -0.2) is 4.79 Å². The van der Waals surface area contributed by atoms with Crippen molar-refractivity contribution < 1.29 is 43.7 Å². The predicted molar refractivity (Wildman–Crippen MR) is 198 cm³/mol. The van der Waals surface area contributed by atoms with Gasteiger partial charge in [0.15, 0.2) is 0 Å². The van der Waals surface area contributed by atoms with Gasteiger partial charge >= 0.3 is 5.97 Å². The summed E-state index contributed by atoms with van der Waals surface area (Å²) in [6.45, 7) is 8.25. The minimum atomic E-state index is -1.83. The van der Waals surface area contributed by atoms with Gasteiger partial charge < -0.3 is 41.1 Å². The van der Waals surface area contributed by atoms with E-state index < -0.39 is 64.8 Å². The van der Waals surface area contributed by atoms with Crippen LogP contribution in [0, 0.1) is 5.41 Å². The molecule has 2 aliphatic heterocycles. The molecule has 5 atom stereocenters. The van der Waals surface area contributed by atoms with Crippen molar-refractivity contribution in [3.63, 3.8) is 0 Å². The maximum atomic E-state index is 14.6. The summed E-state index contributed by atoms with van der Waals surface area (Å²) in [7, 11) is 0. The molecule has 0 bridgehead atoms. The second-order valence-corrected chi connectivity index (χ2v) is 15.1. The van der Waals surface area contributed by atoms with E-state index in [0.29, 0.717) is 16.8 Å². The molecular weight excluding hydrogens is 694 g/mol. The van der Waals surface area contributed by atoms with Gasteiger partial charge in [0.2, 0.25) is 35.1 Å². The summed E-state index contributed by atoms with van der Waals surface area (Å²) in [5.41, 5.74) is 5.36. The molecule has 54 heavy (non-hydrogen) atoms. The number of aryl methyl sites for hydroxylation is 1. The molecule has 1 saturated heterocycles. The van der Waals surface area contributed by atoms with E-state index in [1.54, 1.807) is 51.1 Å². The first-order valence-electron chi connectivity index (χ1n) is 17.7. The molecule has 0 spiro atoms. The Balaban J connectivity index is 1.38. The lowest BCUT2D eigenvalue weighted by atomic mass is 9.85. The normalized spacial score (nSPS) is 21.0. The average Bonchev–Trinajstić information content (AvgIpc) is 3.65. The van der Waals surface area contributed by atoms with Gasteiger partial charge in [-0.15, -0.1) is 0 Å². The number of hydrogen-bond donors (Lipinski definition) is 5. The van der Waals surface area contributed by atoms with Crippen LogP contribution in [-0.4, -0.2) is 80.9 Å². The molecule has 14 nitrogen and oxygen atoms in total. The van der Waals surface area contributed by atoms with Gasteiger partial charge in [-0.1, -0.05) is 57.2 Å². The summed E-state index contributed by atoms with van der Waals surface area (Å²) >= 11 is 0. The highest BCUT2D eigenvalue weighted by Crippen LogP contribution is 2.43. The van der Waals surface area contributed by atoms with Crippen LogP contribution in [0.15, 0.2) is 72.8 Å². The molecule has 14 heteroatoms. The van der Waals surface area contributed by atoms with Crippen molar-refractivity contribution >= 4 is 41.2 Å². The number of carbonyl (C=O) groups excluding carboxylic acids is 5. The minimum absolute atomic E-state index is 0.0329. The number of ether oxygens (including phenoxy) is 1. The van der Waals surface area contributed by atoms with Crippen LogP contribution in [0.2, 0.25) is 0 Å². The Morgan fingerprint density at radius 1 is 1.00 bits per heavy atom. The Bertz CT molecular complexity index is 1930. The number of aliphatic hydroxyl groups is 1. The van der Waals surface area contributed by atoms with Gasteiger partial charge in [0.05, 0.1) is 6.54 Å². The number of carboxylic acid groups (broad SMARTS) is 1. The third kappa shape index (κ3) is 8.54. The third-order valence-electron chi connectivity index (χ3n) is 9.89. The summed E-state index contributed by atoms with van der Waals surface area (Å²) in [4.78, 5) is 81.3. The standard InChI is InChI=1S/C40H47N5O9/c1-23(46)42-27-20-30(36(50)44(21-25-9-7-6-8-10-25)28-15-13-26(14-16-28)35(41)49)45(22-27)37(51)33(39(2,3)4)43-32(47)18-12-24-11-17-31-29(19-24)34(48)40(5,54-31)38(52)53/h6-11,13-17,19,27,30,33-34,48H,12,18,20-22H2,1-5H3,(H2,41,49)(H,42,46)(H,43,47)(H,52,53). The Hall–Kier alpha value is -5.76. The molecule has 2 heterocycles. The number of rotatable bonds is 12. The van der Waals surface area contributed by atoms with Gasteiger partial charge in [-0.3, -0.25) is 24.0 Å². The highest BCUT2D eigenvalue weighted by Gasteiger charge is 2.51. The largest absolute Gasteiger partial charge is 0.478 e. The summed E-state index contributed by atoms with van der Waals surface area (Å²) in [5, 5.41) is 26.0. The highest BCUT2D eigenvalue weighted by atomic mass is 16.5. The number of hydrogen-bond acceptors (Lipinski definition) is 8. The van der Waals surface area contributed by atoms with Gasteiger partial charge in [0.1, 0.15) is 23.9 Å². The number of anilines is 1. The first-order chi connectivity index (χ1) is 25.4. The molecule has 0 aromatic heterocycles. The van der Waals surface area contributed by atoms with E-state index in [1.165, 1.54) is 35.8 Å². The molecule has 0 aliphatic carbocycles. The number of nitrogens with one attached hydrogen (secondary N) is 2. The molecule has 3 aromatic rings. The smallest absolute Gasteiger partial charge is 0.350 e. The SMILES string of the molecule is CC(=O)NC1CC(C(=O)N(Cc2ccccc2)c2ccc(C(N)=O)cc2)N(C(=O)C(NC(=O)CCc2ccc3c(c2)C(O)C(C)(C(=O)O)O3)C(C)(C)C)C1. The first kappa shape index (κ1) is 39.4. The van der Waals surface area contributed by atoms with Crippen LogP contribution in [0.4, 0.5) is 5.69 Å². The number of aliphatic carboxylic acids is 1. The zero-order chi connectivity index (χ0) is 39.5. The summed E-state index contributed by atoms with van der Waals surface area (Å²) in [5.74, 6) is -3.33. The lowest BCUT2D eigenvalue weighted by Crippen LogP contribution is -2.58. The van der Waals surface area contributed by atoms with Crippen molar-refractivity contribution in [3.05, 3.63) is 95.1 Å². The molecule has 2 aliphatic rings. The number of nitrogens with two attached hydrogens (primary N) is 1. The molecule has 1 fully saturated rings. The number of primary amides is 1. The van der Waals surface area contributed by atoms with Crippen LogP contribution in [0.25, 0.3) is 0 Å². The predicted octanol–water partition coefficient (Wildman–Crippen LogP) is 2.86. The van der Waals surface area contributed by atoms with E-state index in [1.807, 2.05) is 30.3 Å². The van der Waals surface area contributed by atoms with E-state index in [9.17, 15) is 39.0 Å². The molecule has 0 radical (unpaired) electrons. The second kappa shape index (κ2) is 15.7. The second-order valence-electron chi connectivity index (χ2n) is 15.1. The number of carboxylic acids is 1. The van der Waals surface area contributed by atoms with Crippen molar-refractivity contribution in [2.24, 2.45) is 11.1 Å². The average molecular weight is 742 g/mol. The van der Waals surface area contributed by atoms with Crippen LogP contribution in [0.1, 0.15) is 80.6 Å². The number of nitrogens with zero attached hydrogens (tertiary/aromatic N) is 2. The monoisotopic (exact) mass is 741 g/mol. The fraction of sp³-hybridized carbons (Fsp3) is 0.400. The molecule has 286 valence electrons. The van der Waals surface area contributed by atoms with Gasteiger partial charge in [0, 0.05) is 42.7 Å². The van der Waals surface area contributed by atoms with Gasteiger partial charge in [0.25, 0.3) is 0 Å². The van der Waals surface area contributed by atoms with Crippen LogP contribution >= 0.6 is 0 Å². The Morgan fingerprint density at radius 3 is 2.26 bits per heavy atom. The minimum Gasteiger partial charge on any atom is -0.478 e. The number of likely N-dealkylation sites (tertiary alicyclic amines) is 1. The molecule has 5 amide bonds. The van der Waals surface area contributed by atoms with Crippen molar-refractivity contribution in [1.82, 2.24) is 15.5 Å². The van der Waals surface area contributed by atoms with Gasteiger partial charge in [-0.2, -0.15) is 0 Å². The molecule has 0 saturated carbocycles. The van der Waals surface area contributed by atoms with Crippen molar-refractivity contribution in [2.75, 3.05) is 11.4 Å². The van der Waals surface area contributed by atoms with Crippen molar-refractivity contribution in [3.8, 4) is 5.75 Å². The fourth-order valence-corrected chi connectivity index (χ4v) is 6.86. The topological polar surface area (TPSA) is 209 Å². The van der Waals surface area contributed by atoms with Crippen molar-refractivity contribution in [1.29, 1.82) is 0 Å². The van der Waals surface area contributed by atoms with Crippen LogP contribution in [0.3, 0.4) is 0 Å². The van der Waals surface area contributed by atoms with E-state index in [0.717, 1.165) is 5.56 Å². The summed E-state index contributed by atoms with van der Waals surface area (Å²) in [6, 6.07) is 17.8. The van der Waals surface area contributed by atoms with E-state index in [2.05, 4.69) is 10.6 Å². The lowest BCUT2D eigenvalue weighted by molar-refractivity contribution is -0.160. The maximum absolute atomic E-state index is 14.6. The molecular formula is C40H47N5O9. The molecule has 6 N–H and O–H groups in total. The van der Waals surface area contributed by atoms with Crippen LogP contribution in [-0.2, 0) is 36.9 Å². The number of amides is 5. The number of carbonyl (C=O) groups is 6. The van der Waals surface area contributed by atoms with E-state index in [4.69, 9.17) is 10.5 Å². The van der Waals surface area contributed by atoms with Gasteiger partial charge in [-0.05, 0) is 72.7 Å². The number of benzene rings is 3. The zero-order valence-electron chi connectivity index (χ0n) is 31.0. The Labute approximate surface area is 313 Å². The summed E-state index contributed by atoms with van der Waals surface area (Å²) in [6.07, 6.45) is -1.08. The summed E-state index contributed by atoms with van der Waals surface area (Å²) < 4.78 is 5.51. The van der Waals surface area contributed by atoms with E-state index >= 15 is 0 Å². The molecule has 5 rings (SSSR count). The highest BCUT2D eigenvalue weighted by molar-refractivity contribution is 6.01. The van der Waals surface area contributed by atoms with Crippen molar-refractivity contribution in [2.45, 2.75) is 90.3 Å². The quantitative estimate of drug-likeness (QED) is 0.185. The molecule has 3 aromatic carbocycles. The third-order valence-corrected chi connectivity index (χ3v) is 9.89. The van der Waals surface area contributed by atoms with Crippen LogP contribution in [0.5, 0.6) is 5.75 Å². The van der Waals surface area contributed by atoms with Crippen LogP contribution < -0.4 is 26.0 Å². The maximum Gasteiger partial charge on any atom is 0.350 e. The Kier molecular flexibility index (Phi) is 11.5. The first-order valence-corrected chi connectivity index (χ1v) is 17.7. The fourth-order valence-electron chi connectivity index (χ4n) is 6.86. The Morgan fingerprint density at radius 2 is 1.67 bits per heavy atom. The molecule has 5 unspecified atom stereocenters. The zero-order valence-corrected chi connectivity index (χ0v) is 31.0. The number of fused-ring (bicyclic) bond motifs is 1. The lowest BCUT2D eigenvalue weighted by Gasteiger charge is -2.36. The van der Waals surface area contributed by atoms with E-state index in [-0.39, 0.29) is 49.6 Å².